The molecule has 2 heterocycles. The monoisotopic (exact) mass is 407 g/mol. The lowest BCUT2D eigenvalue weighted by Gasteiger charge is -2.05. The maximum Gasteiger partial charge on any atom is 0.309 e. The number of carbonyl (C=O) groups excluding carboxylic acids is 1. The lowest BCUT2D eigenvalue weighted by atomic mass is 10.2. The number of nitrogens with one attached hydrogen (secondary N) is 1. The summed E-state index contributed by atoms with van der Waals surface area (Å²) in [5, 5.41) is 21.6. The van der Waals surface area contributed by atoms with Crippen molar-refractivity contribution in [2.75, 3.05) is 5.32 Å². The number of amides is 1. The zero-order valence-corrected chi connectivity index (χ0v) is 15.4. The summed E-state index contributed by atoms with van der Waals surface area (Å²) in [4.78, 5) is 26.3. The van der Waals surface area contributed by atoms with Crippen LogP contribution in [0, 0.1) is 22.9 Å². The van der Waals surface area contributed by atoms with Gasteiger partial charge in [0.2, 0.25) is 11.9 Å². The smallest absolute Gasteiger partial charge is 0.293 e. The van der Waals surface area contributed by atoms with E-state index in [1.165, 1.54) is 27.8 Å². The summed E-state index contributed by atoms with van der Waals surface area (Å²) in [7, 11) is 0. The second-order valence-corrected chi connectivity index (χ2v) is 6.27. The molecule has 0 bridgehead atoms. The topological polar surface area (TPSA) is 121 Å². The molecule has 28 heavy (non-hydrogen) atoms. The standard InChI is InChI=1S/C16H15ClFN7O3/c1-10-14(25(27)28)7-20-24(10)6-5-15(26)21-16-19-9-23(22-16)8-11-12(17)3-2-4-13(11)18/h2-4,7,9H,5-6,8H2,1H3,(H,21,22,26). The zero-order chi connectivity index (χ0) is 20.3. The van der Waals surface area contributed by atoms with E-state index in [9.17, 15) is 19.3 Å². The Kier molecular flexibility index (Phi) is 5.64. The van der Waals surface area contributed by atoms with Crippen LogP contribution in [-0.4, -0.2) is 35.4 Å². The quantitative estimate of drug-likeness (QED) is 0.474. The molecule has 12 heteroatoms. The Morgan fingerprint density at radius 3 is 2.89 bits per heavy atom. The summed E-state index contributed by atoms with van der Waals surface area (Å²) in [5.74, 6) is -0.794. The van der Waals surface area contributed by atoms with Crippen molar-refractivity contribution in [1.82, 2.24) is 24.5 Å². The Balaban J connectivity index is 1.58. The van der Waals surface area contributed by atoms with Crippen molar-refractivity contribution in [3.05, 3.63) is 62.9 Å². The highest BCUT2D eigenvalue weighted by molar-refractivity contribution is 6.31. The van der Waals surface area contributed by atoms with Crippen LogP contribution in [0.25, 0.3) is 0 Å². The van der Waals surface area contributed by atoms with Crippen LogP contribution in [0.2, 0.25) is 5.02 Å². The van der Waals surface area contributed by atoms with Crippen molar-refractivity contribution < 1.29 is 14.1 Å². The predicted molar refractivity (Wildman–Crippen MR) is 97.4 cm³/mol. The average Bonchev–Trinajstić information content (AvgIpc) is 3.23. The third kappa shape index (κ3) is 4.31. The van der Waals surface area contributed by atoms with Crippen LogP contribution < -0.4 is 5.32 Å². The van der Waals surface area contributed by atoms with Crippen molar-refractivity contribution in [1.29, 1.82) is 0 Å². The number of hydrogen-bond acceptors (Lipinski definition) is 6. The van der Waals surface area contributed by atoms with Gasteiger partial charge in [0, 0.05) is 17.0 Å². The molecule has 0 atom stereocenters. The van der Waals surface area contributed by atoms with Crippen LogP contribution in [0.5, 0.6) is 0 Å². The van der Waals surface area contributed by atoms with Crippen LogP contribution in [0.4, 0.5) is 16.0 Å². The van der Waals surface area contributed by atoms with Crippen molar-refractivity contribution in [2.24, 2.45) is 0 Å². The minimum Gasteiger partial charge on any atom is -0.293 e. The number of rotatable bonds is 7. The van der Waals surface area contributed by atoms with Gasteiger partial charge in [0.15, 0.2) is 0 Å². The molecule has 3 rings (SSSR count). The van der Waals surface area contributed by atoms with Gasteiger partial charge >= 0.3 is 5.69 Å². The van der Waals surface area contributed by atoms with Gasteiger partial charge in [-0.2, -0.15) is 5.10 Å². The van der Waals surface area contributed by atoms with E-state index in [4.69, 9.17) is 11.6 Å². The van der Waals surface area contributed by atoms with E-state index in [1.54, 1.807) is 13.0 Å². The van der Waals surface area contributed by atoms with Crippen LogP contribution in [0.1, 0.15) is 17.7 Å². The first-order valence-electron chi connectivity index (χ1n) is 8.14. The Morgan fingerprint density at radius 2 is 2.21 bits per heavy atom. The molecule has 0 saturated carbocycles. The molecule has 0 aliphatic rings. The van der Waals surface area contributed by atoms with Crippen molar-refractivity contribution in [3.8, 4) is 0 Å². The van der Waals surface area contributed by atoms with E-state index in [1.807, 2.05) is 0 Å². The van der Waals surface area contributed by atoms with Crippen LogP contribution in [-0.2, 0) is 17.9 Å². The van der Waals surface area contributed by atoms with Gasteiger partial charge in [-0.15, -0.1) is 5.10 Å². The minimum absolute atomic E-state index is 0.0212. The maximum absolute atomic E-state index is 13.8. The van der Waals surface area contributed by atoms with Gasteiger partial charge in [-0.3, -0.25) is 24.9 Å². The number of aromatic nitrogens is 5. The average molecular weight is 408 g/mol. The van der Waals surface area contributed by atoms with E-state index in [2.05, 4.69) is 20.5 Å². The fraction of sp³-hybridized carbons (Fsp3) is 0.250. The predicted octanol–water partition coefficient (Wildman–Crippen LogP) is 2.56. The number of nitrogens with zero attached hydrogens (tertiary/aromatic N) is 6. The van der Waals surface area contributed by atoms with Gasteiger partial charge in [0.25, 0.3) is 0 Å². The van der Waals surface area contributed by atoms with E-state index in [-0.39, 0.29) is 47.6 Å². The van der Waals surface area contributed by atoms with Gasteiger partial charge in [-0.05, 0) is 19.1 Å². The first-order chi connectivity index (χ1) is 13.3. The molecule has 0 spiro atoms. The summed E-state index contributed by atoms with van der Waals surface area (Å²) in [6.45, 7) is 1.78. The molecule has 0 radical (unpaired) electrons. The number of nitro groups is 1. The molecule has 1 amide bonds. The Bertz CT molecular complexity index is 1010. The minimum atomic E-state index is -0.530. The first kappa shape index (κ1) is 19.4. The second kappa shape index (κ2) is 8.13. The van der Waals surface area contributed by atoms with Crippen molar-refractivity contribution in [2.45, 2.75) is 26.4 Å². The number of aryl methyl sites for hydroxylation is 1. The van der Waals surface area contributed by atoms with Crippen molar-refractivity contribution >= 4 is 29.1 Å². The van der Waals surface area contributed by atoms with Gasteiger partial charge in [-0.1, -0.05) is 17.7 Å². The molecular weight excluding hydrogens is 393 g/mol. The molecule has 0 fully saturated rings. The highest BCUT2D eigenvalue weighted by Crippen LogP contribution is 2.20. The number of benzene rings is 1. The summed E-state index contributed by atoms with van der Waals surface area (Å²) in [6, 6.07) is 4.37. The molecule has 0 unspecified atom stereocenters. The molecule has 1 N–H and O–H groups in total. The molecule has 146 valence electrons. The Morgan fingerprint density at radius 1 is 1.43 bits per heavy atom. The molecule has 0 saturated heterocycles. The maximum atomic E-state index is 13.8. The number of anilines is 1. The van der Waals surface area contributed by atoms with Crippen LogP contribution in [0.3, 0.4) is 0 Å². The summed E-state index contributed by atoms with van der Waals surface area (Å²) in [5.41, 5.74) is 0.525. The van der Waals surface area contributed by atoms with E-state index < -0.39 is 10.7 Å². The third-order valence-corrected chi connectivity index (χ3v) is 4.35. The Labute approximate surface area is 163 Å². The lowest BCUT2D eigenvalue weighted by Crippen LogP contribution is -2.16. The normalized spacial score (nSPS) is 10.8. The first-order valence-corrected chi connectivity index (χ1v) is 8.52. The van der Waals surface area contributed by atoms with Gasteiger partial charge in [0.05, 0.1) is 18.0 Å². The summed E-state index contributed by atoms with van der Waals surface area (Å²) in [6.07, 6.45) is 2.51. The van der Waals surface area contributed by atoms with E-state index in [0.717, 1.165) is 6.20 Å². The van der Waals surface area contributed by atoms with Crippen LogP contribution in [0.15, 0.2) is 30.7 Å². The number of carbonyl (C=O) groups is 1. The van der Waals surface area contributed by atoms with E-state index >= 15 is 0 Å². The molecule has 2 aromatic heterocycles. The second-order valence-electron chi connectivity index (χ2n) is 5.86. The lowest BCUT2D eigenvalue weighted by molar-refractivity contribution is -0.385. The highest BCUT2D eigenvalue weighted by Gasteiger charge is 2.17. The third-order valence-electron chi connectivity index (χ3n) is 3.99. The number of halogens is 2. The highest BCUT2D eigenvalue weighted by atomic mass is 35.5. The molecule has 0 aliphatic heterocycles. The van der Waals surface area contributed by atoms with Gasteiger partial charge < -0.3 is 0 Å². The fourth-order valence-corrected chi connectivity index (χ4v) is 2.73. The molecule has 10 nitrogen and oxygen atoms in total. The number of hydrogen-bond donors (Lipinski definition) is 1. The van der Waals surface area contributed by atoms with Crippen molar-refractivity contribution in [3.63, 3.8) is 0 Å². The van der Waals surface area contributed by atoms with E-state index in [0.29, 0.717) is 5.69 Å². The molecule has 0 aliphatic carbocycles. The Hall–Kier alpha value is -3.34. The van der Waals surface area contributed by atoms with Gasteiger partial charge in [-0.25, -0.2) is 14.1 Å². The largest absolute Gasteiger partial charge is 0.309 e. The molecule has 3 aromatic rings. The summed E-state index contributed by atoms with van der Waals surface area (Å²) < 4.78 is 16.6. The molecule has 1 aromatic carbocycles. The SMILES string of the molecule is Cc1c([N+](=O)[O-])cnn1CCC(=O)Nc1ncn(Cc2c(F)cccc2Cl)n1. The fourth-order valence-electron chi connectivity index (χ4n) is 2.51. The summed E-state index contributed by atoms with van der Waals surface area (Å²) >= 11 is 5.98. The van der Waals surface area contributed by atoms with Gasteiger partial charge in [0.1, 0.15) is 24.0 Å². The zero-order valence-electron chi connectivity index (χ0n) is 14.7. The molecular formula is C16H15ClFN7O3. The van der Waals surface area contributed by atoms with Crippen LogP contribution >= 0.6 is 11.6 Å².